The van der Waals surface area contributed by atoms with E-state index in [-0.39, 0.29) is 12.1 Å². The summed E-state index contributed by atoms with van der Waals surface area (Å²) in [4.78, 5) is 13.3. The Hall–Kier alpha value is -1.56. The lowest BCUT2D eigenvalue weighted by Gasteiger charge is -2.34. The first-order chi connectivity index (χ1) is 9.90. The third kappa shape index (κ3) is 2.90. The molecule has 0 saturated carbocycles. The third-order valence-corrected chi connectivity index (χ3v) is 4.14. The van der Waals surface area contributed by atoms with Crippen LogP contribution >= 0.6 is 0 Å². The Balaban J connectivity index is 2.29. The monoisotopic (exact) mass is 301 g/mol. The van der Waals surface area contributed by atoms with Gasteiger partial charge in [0, 0.05) is 18.2 Å². The van der Waals surface area contributed by atoms with Crippen LogP contribution in [0.15, 0.2) is 12.1 Å². The van der Waals surface area contributed by atoms with Crippen LogP contribution in [0, 0.1) is 17.5 Å². The highest BCUT2D eigenvalue weighted by atomic mass is 19.2. The van der Waals surface area contributed by atoms with E-state index in [2.05, 4.69) is 0 Å². The molecule has 0 bridgehead atoms. The van der Waals surface area contributed by atoms with Gasteiger partial charge in [-0.15, -0.1) is 0 Å². The number of likely N-dealkylation sites (tertiary alicyclic amines) is 1. The Morgan fingerprint density at radius 1 is 1.29 bits per heavy atom. The van der Waals surface area contributed by atoms with Crippen LogP contribution in [0.4, 0.5) is 13.2 Å². The van der Waals surface area contributed by atoms with Gasteiger partial charge in [0.2, 0.25) is 0 Å². The molecule has 0 aliphatic carbocycles. The molecule has 1 aliphatic rings. The minimum absolute atomic E-state index is 0.0162. The highest BCUT2D eigenvalue weighted by Gasteiger charge is 2.46. The summed E-state index contributed by atoms with van der Waals surface area (Å²) >= 11 is 0. The number of hydrogen-bond donors (Lipinski definition) is 1. The second kappa shape index (κ2) is 6.05. The first-order valence-electron chi connectivity index (χ1n) is 7.02. The molecular formula is C15H18F3NO2. The van der Waals surface area contributed by atoms with Crippen molar-refractivity contribution >= 4 is 5.97 Å². The number of carbonyl (C=O) groups is 1. The van der Waals surface area contributed by atoms with Gasteiger partial charge in [-0.25, -0.2) is 13.2 Å². The van der Waals surface area contributed by atoms with E-state index in [0.29, 0.717) is 38.3 Å². The molecule has 0 amide bonds. The highest BCUT2D eigenvalue weighted by molar-refractivity contribution is 5.79. The molecule has 1 saturated heterocycles. The molecule has 3 nitrogen and oxygen atoms in total. The van der Waals surface area contributed by atoms with E-state index in [4.69, 9.17) is 0 Å². The molecule has 1 aromatic rings. The average molecular weight is 301 g/mol. The van der Waals surface area contributed by atoms with Gasteiger partial charge in [0.05, 0.1) is 0 Å². The molecule has 0 spiro atoms. The van der Waals surface area contributed by atoms with E-state index in [1.807, 2.05) is 6.92 Å². The van der Waals surface area contributed by atoms with Crippen LogP contribution in [0.5, 0.6) is 0 Å². The van der Waals surface area contributed by atoms with Crippen molar-refractivity contribution in [2.45, 2.75) is 44.7 Å². The van der Waals surface area contributed by atoms with Crippen molar-refractivity contribution in [3.8, 4) is 0 Å². The lowest BCUT2D eigenvalue weighted by Crippen LogP contribution is -2.50. The fraction of sp³-hybridized carbons (Fsp3) is 0.533. The molecule has 1 unspecified atom stereocenters. The fourth-order valence-corrected chi connectivity index (χ4v) is 3.10. The zero-order chi connectivity index (χ0) is 15.6. The molecule has 116 valence electrons. The van der Waals surface area contributed by atoms with Gasteiger partial charge in [-0.05, 0) is 31.9 Å². The summed E-state index contributed by atoms with van der Waals surface area (Å²) in [5.41, 5.74) is -1.05. The molecule has 2 rings (SSSR count). The van der Waals surface area contributed by atoms with Crippen LogP contribution in [-0.2, 0) is 11.3 Å². The number of carboxylic acids is 1. The predicted molar refractivity (Wildman–Crippen MR) is 71.2 cm³/mol. The Morgan fingerprint density at radius 2 is 1.95 bits per heavy atom. The Morgan fingerprint density at radius 3 is 2.57 bits per heavy atom. The van der Waals surface area contributed by atoms with Gasteiger partial charge in [-0.2, -0.15) is 0 Å². The summed E-state index contributed by atoms with van der Waals surface area (Å²) in [7, 11) is 0. The molecule has 1 N–H and O–H groups in total. The molecule has 21 heavy (non-hydrogen) atoms. The van der Waals surface area contributed by atoms with Crippen LogP contribution in [-0.4, -0.2) is 28.1 Å². The van der Waals surface area contributed by atoms with Crippen molar-refractivity contribution < 1.29 is 23.1 Å². The standard InChI is InChI=1S/C15H18F3NO2/c1-2-4-15(14(20)21)5-3-6-19(15)9-10-7-12(17)13(18)8-11(10)16/h7-8H,2-6,9H2,1H3,(H,20,21). The van der Waals surface area contributed by atoms with E-state index < -0.39 is 29.0 Å². The maximum atomic E-state index is 13.7. The first-order valence-corrected chi connectivity index (χ1v) is 7.02. The maximum absolute atomic E-state index is 13.7. The molecular weight excluding hydrogens is 283 g/mol. The summed E-state index contributed by atoms with van der Waals surface area (Å²) in [6, 6.07) is 1.31. The number of rotatable bonds is 5. The first kappa shape index (κ1) is 15.8. The van der Waals surface area contributed by atoms with Crippen molar-refractivity contribution in [3.05, 3.63) is 35.1 Å². The van der Waals surface area contributed by atoms with Gasteiger partial charge in [0.25, 0.3) is 0 Å². The lowest BCUT2D eigenvalue weighted by molar-refractivity contribution is -0.150. The van der Waals surface area contributed by atoms with E-state index in [1.54, 1.807) is 4.90 Å². The van der Waals surface area contributed by atoms with E-state index in [0.717, 1.165) is 6.07 Å². The lowest BCUT2D eigenvalue weighted by atomic mass is 9.90. The Bertz CT molecular complexity index is 550. The van der Waals surface area contributed by atoms with Crippen molar-refractivity contribution in [2.24, 2.45) is 0 Å². The number of nitrogens with zero attached hydrogens (tertiary/aromatic N) is 1. The van der Waals surface area contributed by atoms with E-state index in [9.17, 15) is 23.1 Å². The SMILES string of the molecule is CCCC1(C(=O)O)CCCN1Cc1cc(F)c(F)cc1F. The quantitative estimate of drug-likeness (QED) is 0.848. The minimum Gasteiger partial charge on any atom is -0.480 e. The van der Waals surface area contributed by atoms with Crippen molar-refractivity contribution in [2.75, 3.05) is 6.54 Å². The summed E-state index contributed by atoms with van der Waals surface area (Å²) in [6.07, 6.45) is 2.32. The summed E-state index contributed by atoms with van der Waals surface area (Å²) in [5.74, 6) is -4.15. The van der Waals surface area contributed by atoms with Crippen LogP contribution in [0.3, 0.4) is 0 Å². The molecule has 1 atom stereocenters. The summed E-state index contributed by atoms with van der Waals surface area (Å²) in [5, 5.41) is 9.54. The van der Waals surface area contributed by atoms with E-state index in [1.165, 1.54) is 0 Å². The zero-order valence-corrected chi connectivity index (χ0v) is 11.8. The normalized spacial score (nSPS) is 22.7. The fourth-order valence-electron chi connectivity index (χ4n) is 3.10. The second-order valence-electron chi connectivity index (χ2n) is 5.47. The van der Waals surface area contributed by atoms with Gasteiger partial charge < -0.3 is 5.11 Å². The Kier molecular flexibility index (Phi) is 4.56. The topological polar surface area (TPSA) is 40.5 Å². The minimum atomic E-state index is -1.24. The molecule has 1 fully saturated rings. The van der Waals surface area contributed by atoms with Crippen molar-refractivity contribution in [1.82, 2.24) is 4.90 Å². The molecule has 1 heterocycles. The number of benzene rings is 1. The van der Waals surface area contributed by atoms with Crippen LogP contribution in [0.25, 0.3) is 0 Å². The van der Waals surface area contributed by atoms with Gasteiger partial charge in [-0.3, -0.25) is 9.69 Å². The predicted octanol–water partition coefficient (Wildman–Crippen LogP) is 3.32. The average Bonchev–Trinajstić information content (AvgIpc) is 2.81. The van der Waals surface area contributed by atoms with Gasteiger partial charge in [-0.1, -0.05) is 13.3 Å². The second-order valence-corrected chi connectivity index (χ2v) is 5.47. The van der Waals surface area contributed by atoms with Crippen molar-refractivity contribution in [1.29, 1.82) is 0 Å². The van der Waals surface area contributed by atoms with Crippen LogP contribution in [0.2, 0.25) is 0 Å². The molecule has 0 radical (unpaired) electrons. The number of aliphatic carboxylic acids is 1. The molecule has 0 aromatic heterocycles. The number of halogens is 3. The largest absolute Gasteiger partial charge is 0.480 e. The van der Waals surface area contributed by atoms with E-state index >= 15 is 0 Å². The number of carboxylic acid groups (broad SMARTS) is 1. The Labute approximate surface area is 121 Å². The van der Waals surface area contributed by atoms with Gasteiger partial charge in [0.15, 0.2) is 11.6 Å². The third-order valence-electron chi connectivity index (χ3n) is 4.14. The summed E-state index contributed by atoms with van der Waals surface area (Å²) in [6.45, 7) is 2.36. The maximum Gasteiger partial charge on any atom is 0.324 e. The van der Waals surface area contributed by atoms with Gasteiger partial charge >= 0.3 is 5.97 Å². The van der Waals surface area contributed by atoms with Crippen LogP contribution in [0.1, 0.15) is 38.2 Å². The highest BCUT2D eigenvalue weighted by Crippen LogP contribution is 2.35. The smallest absolute Gasteiger partial charge is 0.324 e. The number of hydrogen-bond acceptors (Lipinski definition) is 2. The summed E-state index contributed by atoms with van der Waals surface area (Å²) < 4.78 is 39.9. The van der Waals surface area contributed by atoms with Gasteiger partial charge in [0.1, 0.15) is 11.4 Å². The zero-order valence-electron chi connectivity index (χ0n) is 11.8. The van der Waals surface area contributed by atoms with Crippen LogP contribution < -0.4 is 0 Å². The molecule has 6 heteroatoms. The van der Waals surface area contributed by atoms with Crippen molar-refractivity contribution in [3.63, 3.8) is 0 Å². The molecule has 1 aromatic carbocycles. The molecule has 1 aliphatic heterocycles.